The summed E-state index contributed by atoms with van der Waals surface area (Å²) in [6.07, 6.45) is 1.64. The van der Waals surface area contributed by atoms with Crippen LogP contribution >= 0.6 is 15.9 Å². The van der Waals surface area contributed by atoms with Gasteiger partial charge in [0.2, 0.25) is 6.79 Å². The van der Waals surface area contributed by atoms with Crippen LogP contribution in [0.1, 0.15) is 16.9 Å². The van der Waals surface area contributed by atoms with Gasteiger partial charge in [0.25, 0.3) is 0 Å². The second kappa shape index (κ2) is 4.44. The number of allylic oxidation sites excluding steroid dienone is 1. The highest BCUT2D eigenvalue weighted by Crippen LogP contribution is 2.15. The number of carbonyl (C=O) groups is 1. The van der Waals surface area contributed by atoms with Crippen molar-refractivity contribution < 1.29 is 14.3 Å². The van der Waals surface area contributed by atoms with E-state index in [1.54, 1.807) is 18.2 Å². The Morgan fingerprint density at radius 3 is 3.07 bits per heavy atom. The van der Waals surface area contributed by atoms with Gasteiger partial charge in [0.1, 0.15) is 22.3 Å². The number of ether oxygens (including phenoxy) is 2. The van der Waals surface area contributed by atoms with Gasteiger partial charge in [-0.2, -0.15) is 0 Å². The summed E-state index contributed by atoms with van der Waals surface area (Å²) in [7, 11) is 0. The minimum Gasteiger partial charge on any atom is -0.462 e. The minimum absolute atomic E-state index is 0.0898. The van der Waals surface area contributed by atoms with Crippen molar-refractivity contribution in [1.82, 2.24) is 4.98 Å². The molecule has 4 nitrogen and oxygen atoms in total. The largest absolute Gasteiger partial charge is 0.462 e. The van der Waals surface area contributed by atoms with Gasteiger partial charge in [-0.05, 0) is 28.1 Å². The molecule has 15 heavy (non-hydrogen) atoms. The summed E-state index contributed by atoms with van der Waals surface area (Å²) in [5, 5.41) is 0. The molecule has 0 bridgehead atoms. The molecule has 2 heterocycles. The summed E-state index contributed by atoms with van der Waals surface area (Å²) >= 11 is 3.21. The number of aromatic nitrogens is 1. The third-order valence-electron chi connectivity index (χ3n) is 1.86. The van der Waals surface area contributed by atoms with Gasteiger partial charge in [0.05, 0.1) is 6.42 Å². The number of Topliss-reactive ketones (excluding diaryl/α,β-unsaturated/α-hetero) is 1. The molecule has 0 saturated carbocycles. The molecule has 0 spiro atoms. The van der Waals surface area contributed by atoms with E-state index in [0.717, 1.165) is 0 Å². The third kappa shape index (κ3) is 2.56. The summed E-state index contributed by atoms with van der Waals surface area (Å²) in [5.41, 5.74) is 0.417. The number of hydrogen-bond donors (Lipinski definition) is 0. The van der Waals surface area contributed by atoms with Crippen LogP contribution in [0.15, 0.2) is 34.8 Å². The number of carbonyl (C=O) groups excluding carboxylic acids is 1. The average molecular weight is 270 g/mol. The normalized spacial score (nSPS) is 14.1. The second-order valence-corrected chi connectivity index (χ2v) is 3.77. The monoisotopic (exact) mass is 269 g/mol. The minimum atomic E-state index is -0.0898. The summed E-state index contributed by atoms with van der Waals surface area (Å²) < 4.78 is 10.5. The van der Waals surface area contributed by atoms with Crippen LogP contribution in [0.25, 0.3) is 0 Å². The Morgan fingerprint density at radius 2 is 2.40 bits per heavy atom. The zero-order valence-corrected chi connectivity index (χ0v) is 9.36. The Bertz CT molecular complexity index is 417. The van der Waals surface area contributed by atoms with E-state index in [0.29, 0.717) is 16.1 Å². The van der Waals surface area contributed by atoms with Crippen LogP contribution in [0.4, 0.5) is 0 Å². The van der Waals surface area contributed by atoms with Gasteiger partial charge in [-0.25, -0.2) is 4.98 Å². The highest BCUT2D eigenvalue weighted by Gasteiger charge is 2.14. The average Bonchev–Trinajstić information content (AvgIpc) is 2.70. The zero-order valence-electron chi connectivity index (χ0n) is 7.77. The van der Waals surface area contributed by atoms with E-state index in [4.69, 9.17) is 9.47 Å². The topological polar surface area (TPSA) is 48.4 Å². The molecule has 0 aromatic carbocycles. The summed E-state index contributed by atoms with van der Waals surface area (Å²) in [6.45, 7) is 0.189. The standard InChI is InChI=1S/C10H8BrNO3/c11-10-3-1-2-8(12-10)9(13)4-7-5-14-6-15-7/h1-3,5H,4,6H2. The molecule has 0 aliphatic carbocycles. The fraction of sp³-hybridized carbons (Fsp3) is 0.200. The SMILES string of the molecule is O=C(CC1=COCO1)c1cccc(Br)n1. The van der Waals surface area contributed by atoms with Crippen LogP contribution in [-0.2, 0) is 9.47 Å². The summed E-state index contributed by atoms with van der Waals surface area (Å²) in [6, 6.07) is 5.21. The zero-order chi connectivity index (χ0) is 10.7. The lowest BCUT2D eigenvalue weighted by Gasteiger charge is -2.00. The van der Waals surface area contributed by atoms with E-state index in [-0.39, 0.29) is 19.0 Å². The van der Waals surface area contributed by atoms with E-state index >= 15 is 0 Å². The van der Waals surface area contributed by atoms with E-state index in [1.165, 1.54) is 6.26 Å². The maximum Gasteiger partial charge on any atom is 0.229 e. The highest BCUT2D eigenvalue weighted by atomic mass is 79.9. The Balaban J connectivity index is 2.07. The molecule has 1 aliphatic rings. The fourth-order valence-electron chi connectivity index (χ4n) is 1.18. The van der Waals surface area contributed by atoms with E-state index in [9.17, 15) is 4.79 Å². The number of hydrogen-bond acceptors (Lipinski definition) is 4. The molecule has 0 unspecified atom stereocenters. The van der Waals surface area contributed by atoms with Gasteiger partial charge in [-0.15, -0.1) is 0 Å². The number of rotatable bonds is 3. The lowest BCUT2D eigenvalue weighted by atomic mass is 10.2. The van der Waals surface area contributed by atoms with Crippen LogP contribution in [0.2, 0.25) is 0 Å². The Kier molecular flexibility index (Phi) is 3.01. The Morgan fingerprint density at radius 1 is 1.53 bits per heavy atom. The molecule has 1 aromatic rings. The van der Waals surface area contributed by atoms with Crippen molar-refractivity contribution >= 4 is 21.7 Å². The molecule has 0 amide bonds. The van der Waals surface area contributed by atoms with Crippen molar-refractivity contribution in [1.29, 1.82) is 0 Å². The van der Waals surface area contributed by atoms with Crippen molar-refractivity contribution in [2.24, 2.45) is 0 Å². The van der Waals surface area contributed by atoms with Gasteiger partial charge in [0.15, 0.2) is 5.78 Å². The molecule has 1 aliphatic heterocycles. The number of ketones is 1. The van der Waals surface area contributed by atoms with E-state index < -0.39 is 0 Å². The summed E-state index contributed by atoms with van der Waals surface area (Å²) in [5.74, 6) is 0.454. The second-order valence-electron chi connectivity index (χ2n) is 2.96. The molecule has 5 heteroatoms. The third-order valence-corrected chi connectivity index (χ3v) is 2.30. The van der Waals surface area contributed by atoms with Crippen LogP contribution in [-0.4, -0.2) is 17.6 Å². The lowest BCUT2D eigenvalue weighted by molar-refractivity contribution is 0.0743. The highest BCUT2D eigenvalue weighted by molar-refractivity contribution is 9.10. The fourth-order valence-corrected chi connectivity index (χ4v) is 1.52. The molecule has 0 radical (unpaired) electrons. The van der Waals surface area contributed by atoms with Gasteiger partial charge >= 0.3 is 0 Å². The van der Waals surface area contributed by atoms with Gasteiger partial charge < -0.3 is 9.47 Å². The first-order valence-corrected chi connectivity index (χ1v) is 5.14. The molecule has 0 saturated heterocycles. The maximum absolute atomic E-state index is 11.7. The Hall–Kier alpha value is -1.36. The number of nitrogens with zero attached hydrogens (tertiary/aromatic N) is 1. The number of halogens is 1. The van der Waals surface area contributed by atoms with Gasteiger partial charge in [-0.3, -0.25) is 4.79 Å². The molecule has 1 aromatic heterocycles. The molecular formula is C10H8BrNO3. The molecular weight excluding hydrogens is 262 g/mol. The predicted molar refractivity (Wildman–Crippen MR) is 56.0 cm³/mol. The lowest BCUT2D eigenvalue weighted by Crippen LogP contribution is -2.04. The van der Waals surface area contributed by atoms with E-state index in [1.807, 2.05) is 0 Å². The molecule has 0 N–H and O–H groups in total. The molecule has 78 valence electrons. The van der Waals surface area contributed by atoms with E-state index in [2.05, 4.69) is 20.9 Å². The van der Waals surface area contributed by atoms with Crippen molar-refractivity contribution in [3.8, 4) is 0 Å². The first-order chi connectivity index (χ1) is 7.25. The van der Waals surface area contributed by atoms with Crippen LogP contribution in [0, 0.1) is 0 Å². The van der Waals surface area contributed by atoms with Crippen molar-refractivity contribution in [2.75, 3.05) is 6.79 Å². The first-order valence-electron chi connectivity index (χ1n) is 4.35. The quantitative estimate of drug-likeness (QED) is 0.624. The molecule has 2 rings (SSSR count). The van der Waals surface area contributed by atoms with Gasteiger partial charge in [0, 0.05) is 0 Å². The van der Waals surface area contributed by atoms with Crippen LogP contribution < -0.4 is 0 Å². The predicted octanol–water partition coefficient (Wildman–Crippen LogP) is 2.26. The smallest absolute Gasteiger partial charge is 0.229 e. The maximum atomic E-state index is 11.7. The molecule has 0 atom stereocenters. The van der Waals surface area contributed by atoms with Crippen molar-refractivity contribution in [3.63, 3.8) is 0 Å². The van der Waals surface area contributed by atoms with Crippen LogP contribution in [0.3, 0.4) is 0 Å². The van der Waals surface area contributed by atoms with Crippen molar-refractivity contribution in [2.45, 2.75) is 6.42 Å². The first kappa shape index (κ1) is 10.2. The molecule has 0 fully saturated rings. The number of pyridine rings is 1. The van der Waals surface area contributed by atoms with Gasteiger partial charge in [-0.1, -0.05) is 6.07 Å². The Labute approximate surface area is 95.0 Å². The van der Waals surface area contributed by atoms with Crippen molar-refractivity contribution in [3.05, 3.63) is 40.5 Å². The van der Waals surface area contributed by atoms with Crippen LogP contribution in [0.5, 0.6) is 0 Å². The summed E-state index contributed by atoms with van der Waals surface area (Å²) in [4.78, 5) is 15.8.